The lowest BCUT2D eigenvalue weighted by Crippen LogP contribution is -2.10. The van der Waals surface area contributed by atoms with E-state index in [-0.39, 0.29) is 5.56 Å². The number of aryl methyl sites for hydroxylation is 3. The molecule has 5 rings (SSSR count). The zero-order chi connectivity index (χ0) is 21.2. The highest BCUT2D eigenvalue weighted by Gasteiger charge is 2.16. The molecule has 0 bridgehead atoms. The Kier molecular flexibility index (Phi) is 5.83. The predicted molar refractivity (Wildman–Crippen MR) is 130 cm³/mol. The molecule has 6 heteroatoms. The molecule has 1 aliphatic carbocycles. The van der Waals surface area contributed by atoms with Crippen LogP contribution in [0.25, 0.3) is 21.3 Å². The van der Waals surface area contributed by atoms with Crippen molar-refractivity contribution in [2.45, 2.75) is 37.8 Å². The maximum absolute atomic E-state index is 12.9. The van der Waals surface area contributed by atoms with Crippen molar-refractivity contribution >= 4 is 33.3 Å². The Hall–Kier alpha value is -2.57. The van der Waals surface area contributed by atoms with Gasteiger partial charge in [-0.1, -0.05) is 47.7 Å². The highest BCUT2D eigenvalue weighted by Crippen LogP contribution is 2.34. The van der Waals surface area contributed by atoms with Gasteiger partial charge < -0.3 is 9.72 Å². The molecule has 1 aliphatic rings. The monoisotopic (exact) mass is 448 g/mol. The van der Waals surface area contributed by atoms with Gasteiger partial charge >= 0.3 is 0 Å². The molecule has 4 nitrogen and oxygen atoms in total. The second-order valence-corrected chi connectivity index (χ2v) is 9.84. The van der Waals surface area contributed by atoms with Crippen molar-refractivity contribution in [1.29, 1.82) is 0 Å². The first-order valence-corrected chi connectivity index (χ1v) is 12.5. The average molecular weight is 449 g/mol. The number of ether oxygens (including phenoxy) is 1. The van der Waals surface area contributed by atoms with Crippen LogP contribution in [0.2, 0.25) is 0 Å². The standard InChI is InChI=1S/C25H24N2O2S2/c1-16-6-10-20(11-7-16)29-12-13-30-25-26-23(28)22-21(15-31-24(22)27-25)19-9-8-17-4-2-3-5-18(17)14-19/h6-11,14-15H,2-5,12-13H2,1H3,(H,26,27,28). The molecule has 158 valence electrons. The number of fused-ring (bicyclic) bond motifs is 2. The maximum Gasteiger partial charge on any atom is 0.260 e. The lowest BCUT2D eigenvalue weighted by molar-refractivity contribution is 0.344. The number of thioether (sulfide) groups is 1. The topological polar surface area (TPSA) is 55.0 Å². The van der Waals surface area contributed by atoms with Crippen LogP contribution < -0.4 is 10.3 Å². The van der Waals surface area contributed by atoms with E-state index in [4.69, 9.17) is 9.72 Å². The highest BCUT2D eigenvalue weighted by atomic mass is 32.2. The number of aromatic amines is 1. The summed E-state index contributed by atoms with van der Waals surface area (Å²) in [5, 5.41) is 3.40. The highest BCUT2D eigenvalue weighted by molar-refractivity contribution is 7.99. The number of nitrogens with one attached hydrogen (secondary N) is 1. The molecule has 0 saturated heterocycles. The summed E-state index contributed by atoms with van der Waals surface area (Å²) in [6.07, 6.45) is 4.81. The van der Waals surface area contributed by atoms with Gasteiger partial charge in [-0.2, -0.15) is 0 Å². The van der Waals surface area contributed by atoms with Gasteiger partial charge in [0.1, 0.15) is 10.6 Å². The summed E-state index contributed by atoms with van der Waals surface area (Å²) in [6, 6.07) is 14.7. The first-order valence-electron chi connectivity index (χ1n) is 10.6. The minimum absolute atomic E-state index is 0.0686. The van der Waals surface area contributed by atoms with E-state index in [0.717, 1.165) is 34.5 Å². The summed E-state index contributed by atoms with van der Waals surface area (Å²) in [7, 11) is 0. The first-order chi connectivity index (χ1) is 15.2. The predicted octanol–water partition coefficient (Wildman–Crippen LogP) is 6.01. The smallest absolute Gasteiger partial charge is 0.260 e. The van der Waals surface area contributed by atoms with Crippen molar-refractivity contribution in [3.05, 3.63) is 74.9 Å². The van der Waals surface area contributed by atoms with E-state index in [9.17, 15) is 4.79 Å². The van der Waals surface area contributed by atoms with Gasteiger partial charge in [0, 0.05) is 16.7 Å². The Morgan fingerprint density at radius 2 is 1.90 bits per heavy atom. The van der Waals surface area contributed by atoms with Gasteiger partial charge in [0.15, 0.2) is 5.16 Å². The van der Waals surface area contributed by atoms with Gasteiger partial charge in [-0.25, -0.2) is 4.98 Å². The molecular weight excluding hydrogens is 424 g/mol. The summed E-state index contributed by atoms with van der Waals surface area (Å²) in [6.45, 7) is 2.61. The number of thiophene rings is 1. The number of aromatic nitrogens is 2. The lowest BCUT2D eigenvalue weighted by atomic mass is 9.89. The molecule has 0 radical (unpaired) electrons. The Bertz CT molecular complexity index is 1280. The van der Waals surface area contributed by atoms with E-state index in [0.29, 0.717) is 22.9 Å². The summed E-state index contributed by atoms with van der Waals surface area (Å²) in [5.41, 5.74) is 6.12. The summed E-state index contributed by atoms with van der Waals surface area (Å²) in [4.78, 5) is 21.3. The molecule has 0 fully saturated rings. The molecule has 0 saturated carbocycles. The molecule has 0 spiro atoms. The minimum atomic E-state index is -0.0686. The fraction of sp³-hybridized carbons (Fsp3) is 0.280. The van der Waals surface area contributed by atoms with Crippen LogP contribution >= 0.6 is 23.1 Å². The fourth-order valence-corrected chi connectivity index (χ4v) is 5.73. The first kappa shape index (κ1) is 20.3. The van der Waals surface area contributed by atoms with Crippen molar-refractivity contribution < 1.29 is 4.74 Å². The van der Waals surface area contributed by atoms with Crippen LogP contribution in [-0.2, 0) is 12.8 Å². The fourth-order valence-electron chi connectivity index (χ4n) is 4.04. The summed E-state index contributed by atoms with van der Waals surface area (Å²) < 4.78 is 5.77. The second kappa shape index (κ2) is 8.89. The van der Waals surface area contributed by atoms with Crippen LogP contribution in [0.5, 0.6) is 5.75 Å². The van der Waals surface area contributed by atoms with Crippen molar-refractivity contribution in [3.8, 4) is 16.9 Å². The van der Waals surface area contributed by atoms with E-state index >= 15 is 0 Å². The third-order valence-corrected chi connectivity index (χ3v) is 7.40. The zero-order valence-corrected chi connectivity index (χ0v) is 19.1. The Morgan fingerprint density at radius 1 is 1.10 bits per heavy atom. The molecule has 2 heterocycles. The SMILES string of the molecule is Cc1ccc(OCCSc2nc3scc(-c4ccc5c(c4)CCCC5)c3c(=O)[nH]2)cc1. The summed E-state index contributed by atoms with van der Waals surface area (Å²) in [5.74, 6) is 1.57. The van der Waals surface area contributed by atoms with Gasteiger partial charge in [0.2, 0.25) is 0 Å². The number of hydrogen-bond acceptors (Lipinski definition) is 5. The normalized spacial score (nSPS) is 13.3. The van der Waals surface area contributed by atoms with Crippen LogP contribution in [0.4, 0.5) is 0 Å². The second-order valence-electron chi connectivity index (χ2n) is 7.90. The Balaban J connectivity index is 1.31. The largest absolute Gasteiger partial charge is 0.493 e. The van der Waals surface area contributed by atoms with E-state index in [1.807, 2.05) is 24.3 Å². The van der Waals surface area contributed by atoms with Crippen LogP contribution in [0.15, 0.2) is 57.8 Å². The number of H-pyrrole nitrogens is 1. The molecule has 0 atom stereocenters. The number of nitrogens with zero attached hydrogens (tertiary/aromatic N) is 1. The van der Waals surface area contributed by atoms with Crippen molar-refractivity contribution in [1.82, 2.24) is 9.97 Å². The van der Waals surface area contributed by atoms with Crippen molar-refractivity contribution in [3.63, 3.8) is 0 Å². The molecule has 0 aliphatic heterocycles. The van der Waals surface area contributed by atoms with Gasteiger partial charge in [-0.3, -0.25) is 4.79 Å². The molecule has 4 aromatic rings. The Labute approximate surface area is 189 Å². The van der Waals surface area contributed by atoms with Crippen LogP contribution in [0, 0.1) is 6.92 Å². The van der Waals surface area contributed by atoms with Gasteiger partial charge in [-0.05, 0) is 61.4 Å². The quantitative estimate of drug-likeness (QED) is 0.223. The zero-order valence-electron chi connectivity index (χ0n) is 17.4. The number of hydrogen-bond donors (Lipinski definition) is 1. The minimum Gasteiger partial charge on any atom is -0.493 e. The van der Waals surface area contributed by atoms with E-state index in [1.54, 1.807) is 0 Å². The van der Waals surface area contributed by atoms with Crippen LogP contribution in [0.1, 0.15) is 29.5 Å². The molecule has 31 heavy (non-hydrogen) atoms. The van der Waals surface area contributed by atoms with Gasteiger partial charge in [0.05, 0.1) is 12.0 Å². The van der Waals surface area contributed by atoms with Crippen molar-refractivity contribution in [2.24, 2.45) is 0 Å². The van der Waals surface area contributed by atoms with Crippen molar-refractivity contribution in [2.75, 3.05) is 12.4 Å². The van der Waals surface area contributed by atoms with Gasteiger partial charge in [0.25, 0.3) is 5.56 Å². The third-order valence-electron chi connectivity index (χ3n) is 5.69. The van der Waals surface area contributed by atoms with E-state index in [2.05, 4.69) is 35.5 Å². The average Bonchev–Trinajstić information content (AvgIpc) is 3.22. The van der Waals surface area contributed by atoms with Crippen LogP contribution in [0.3, 0.4) is 0 Å². The van der Waals surface area contributed by atoms with E-state index in [1.165, 1.54) is 52.6 Å². The molecule has 2 aromatic carbocycles. The van der Waals surface area contributed by atoms with E-state index < -0.39 is 0 Å². The third kappa shape index (κ3) is 4.41. The molecule has 1 N–H and O–H groups in total. The molecule has 0 amide bonds. The molecule has 0 unspecified atom stereocenters. The lowest BCUT2D eigenvalue weighted by Gasteiger charge is -2.16. The summed E-state index contributed by atoms with van der Waals surface area (Å²) >= 11 is 3.05. The molecule has 2 aromatic heterocycles. The number of rotatable bonds is 6. The van der Waals surface area contributed by atoms with Crippen LogP contribution in [-0.4, -0.2) is 22.3 Å². The molecular formula is C25H24N2O2S2. The van der Waals surface area contributed by atoms with Gasteiger partial charge in [-0.15, -0.1) is 11.3 Å². The number of benzene rings is 2. The maximum atomic E-state index is 12.9. The Morgan fingerprint density at radius 3 is 2.74 bits per heavy atom.